The molecular weight excluding hydrogens is 370 g/mol. The summed E-state index contributed by atoms with van der Waals surface area (Å²) in [5, 5.41) is 3.49. The normalized spacial score (nSPS) is 10.4. The van der Waals surface area contributed by atoms with E-state index >= 15 is 0 Å². The van der Waals surface area contributed by atoms with Crippen LogP contribution in [0.15, 0.2) is 73.1 Å². The maximum absolute atomic E-state index is 12.6. The molecule has 4 nitrogen and oxygen atoms in total. The first-order valence-corrected chi connectivity index (χ1v) is 9.10. The molecule has 1 amide bonds. The SMILES string of the molecule is Cc1ccc(C(=O)Nc2ccc(Cl)cc2)cc1C#Cc1cnc2ccccn12. The van der Waals surface area contributed by atoms with E-state index in [2.05, 4.69) is 22.1 Å². The fraction of sp³-hybridized carbons (Fsp3) is 0.0435. The minimum atomic E-state index is -0.194. The zero-order chi connectivity index (χ0) is 19.5. The third kappa shape index (κ3) is 3.75. The number of rotatable bonds is 2. The number of aromatic nitrogens is 2. The lowest BCUT2D eigenvalue weighted by atomic mass is 10.0. The van der Waals surface area contributed by atoms with Crippen LogP contribution in [0.1, 0.15) is 27.2 Å². The van der Waals surface area contributed by atoms with Crippen molar-refractivity contribution in [2.24, 2.45) is 0 Å². The molecule has 0 spiro atoms. The molecule has 0 fully saturated rings. The van der Waals surface area contributed by atoms with Crippen molar-refractivity contribution in [3.05, 3.63) is 100 Å². The largest absolute Gasteiger partial charge is 0.322 e. The van der Waals surface area contributed by atoms with Crippen molar-refractivity contribution in [2.45, 2.75) is 6.92 Å². The summed E-state index contributed by atoms with van der Waals surface area (Å²) in [6.45, 7) is 1.97. The zero-order valence-electron chi connectivity index (χ0n) is 15.1. The van der Waals surface area contributed by atoms with Crippen LogP contribution in [-0.4, -0.2) is 15.3 Å². The maximum atomic E-state index is 12.6. The maximum Gasteiger partial charge on any atom is 0.255 e. The van der Waals surface area contributed by atoms with Crippen LogP contribution in [0.2, 0.25) is 5.02 Å². The summed E-state index contributed by atoms with van der Waals surface area (Å²) in [7, 11) is 0. The molecule has 2 aromatic carbocycles. The minimum absolute atomic E-state index is 0.194. The highest BCUT2D eigenvalue weighted by Gasteiger charge is 2.08. The van der Waals surface area contributed by atoms with Gasteiger partial charge in [0, 0.05) is 28.0 Å². The minimum Gasteiger partial charge on any atom is -0.322 e. The highest BCUT2D eigenvalue weighted by Crippen LogP contribution is 2.16. The first kappa shape index (κ1) is 17.8. The number of aryl methyl sites for hydroxylation is 1. The summed E-state index contributed by atoms with van der Waals surface area (Å²) < 4.78 is 1.93. The van der Waals surface area contributed by atoms with E-state index in [1.54, 1.807) is 42.6 Å². The second-order valence-electron chi connectivity index (χ2n) is 6.31. The predicted octanol–water partition coefficient (Wildman–Crippen LogP) is 4.95. The lowest BCUT2D eigenvalue weighted by Crippen LogP contribution is -2.12. The molecule has 2 heterocycles. The molecule has 0 aliphatic rings. The number of carbonyl (C=O) groups is 1. The van der Waals surface area contributed by atoms with Crippen molar-refractivity contribution < 1.29 is 4.79 Å². The molecule has 1 N–H and O–H groups in total. The van der Waals surface area contributed by atoms with Crippen LogP contribution in [0.25, 0.3) is 5.65 Å². The van der Waals surface area contributed by atoms with E-state index in [1.165, 1.54) is 0 Å². The van der Waals surface area contributed by atoms with Gasteiger partial charge in [-0.15, -0.1) is 0 Å². The van der Waals surface area contributed by atoms with Crippen molar-refractivity contribution in [1.82, 2.24) is 9.38 Å². The van der Waals surface area contributed by atoms with Gasteiger partial charge in [0.1, 0.15) is 11.3 Å². The van der Waals surface area contributed by atoms with Crippen LogP contribution in [0.4, 0.5) is 5.69 Å². The molecular formula is C23H16ClN3O. The molecule has 4 aromatic rings. The van der Waals surface area contributed by atoms with Crippen molar-refractivity contribution in [2.75, 3.05) is 5.32 Å². The van der Waals surface area contributed by atoms with Gasteiger partial charge in [0.15, 0.2) is 0 Å². The Labute approximate surface area is 167 Å². The Hall–Kier alpha value is -3.55. The molecule has 0 aliphatic heterocycles. The van der Waals surface area contributed by atoms with Gasteiger partial charge in [0.25, 0.3) is 5.91 Å². The Morgan fingerprint density at radius 2 is 1.89 bits per heavy atom. The van der Waals surface area contributed by atoms with Crippen molar-refractivity contribution in [3.8, 4) is 11.8 Å². The Morgan fingerprint density at radius 3 is 2.71 bits per heavy atom. The second-order valence-corrected chi connectivity index (χ2v) is 6.75. The van der Waals surface area contributed by atoms with Crippen LogP contribution in [-0.2, 0) is 0 Å². The molecule has 0 aliphatic carbocycles. The fourth-order valence-corrected chi connectivity index (χ4v) is 2.92. The molecule has 0 saturated heterocycles. The zero-order valence-corrected chi connectivity index (χ0v) is 15.9. The Morgan fingerprint density at radius 1 is 1.07 bits per heavy atom. The van der Waals surface area contributed by atoms with Gasteiger partial charge in [-0.1, -0.05) is 29.7 Å². The van der Waals surface area contributed by atoms with Crippen LogP contribution in [0.3, 0.4) is 0 Å². The van der Waals surface area contributed by atoms with E-state index in [1.807, 2.05) is 41.8 Å². The lowest BCUT2D eigenvalue weighted by molar-refractivity contribution is 0.102. The number of nitrogens with one attached hydrogen (secondary N) is 1. The highest BCUT2D eigenvalue weighted by atomic mass is 35.5. The van der Waals surface area contributed by atoms with Gasteiger partial charge >= 0.3 is 0 Å². The number of halogens is 1. The summed E-state index contributed by atoms with van der Waals surface area (Å²) in [6.07, 6.45) is 3.67. The molecule has 0 bridgehead atoms. The molecule has 5 heteroatoms. The molecule has 2 aromatic heterocycles. The third-order valence-electron chi connectivity index (χ3n) is 4.34. The topological polar surface area (TPSA) is 46.4 Å². The number of hydrogen-bond acceptors (Lipinski definition) is 2. The first-order valence-electron chi connectivity index (χ1n) is 8.72. The average molecular weight is 386 g/mol. The second kappa shape index (κ2) is 7.59. The van der Waals surface area contributed by atoms with E-state index < -0.39 is 0 Å². The van der Waals surface area contributed by atoms with Gasteiger partial charge in [-0.25, -0.2) is 4.98 Å². The van der Waals surface area contributed by atoms with Crippen LogP contribution >= 0.6 is 11.6 Å². The van der Waals surface area contributed by atoms with Crippen molar-refractivity contribution in [1.29, 1.82) is 0 Å². The standard InChI is InChI=1S/C23H16ClN3O/c1-16-5-6-18(23(28)26-20-10-8-19(24)9-11-20)14-17(16)7-12-21-15-25-22-4-2-3-13-27(21)22/h2-6,8-11,13-15H,1H3,(H,26,28). The summed E-state index contributed by atoms with van der Waals surface area (Å²) in [5.74, 6) is 6.12. The predicted molar refractivity (Wildman–Crippen MR) is 112 cm³/mol. The highest BCUT2D eigenvalue weighted by molar-refractivity contribution is 6.30. The molecule has 136 valence electrons. The van der Waals surface area contributed by atoms with E-state index in [0.717, 1.165) is 22.5 Å². The summed E-state index contributed by atoms with van der Waals surface area (Å²) in [6, 6.07) is 18.3. The van der Waals surface area contributed by atoms with Crippen molar-refractivity contribution >= 4 is 28.8 Å². The van der Waals surface area contributed by atoms with Crippen LogP contribution < -0.4 is 5.32 Å². The summed E-state index contributed by atoms with van der Waals surface area (Å²) >= 11 is 5.88. The Balaban J connectivity index is 1.61. The number of amides is 1. The van der Waals surface area contributed by atoms with Gasteiger partial charge in [0.2, 0.25) is 0 Å². The average Bonchev–Trinajstić information content (AvgIpc) is 3.12. The van der Waals surface area contributed by atoms with E-state index in [9.17, 15) is 4.79 Å². The van der Waals surface area contributed by atoms with Gasteiger partial charge < -0.3 is 5.32 Å². The number of nitrogens with zero attached hydrogens (tertiary/aromatic N) is 2. The number of imidazole rings is 1. The van der Waals surface area contributed by atoms with Gasteiger partial charge in [-0.2, -0.15) is 0 Å². The number of pyridine rings is 1. The molecule has 0 unspecified atom stereocenters. The van der Waals surface area contributed by atoms with Gasteiger partial charge in [-0.3, -0.25) is 9.20 Å². The van der Waals surface area contributed by atoms with Crippen LogP contribution in [0, 0.1) is 18.8 Å². The summed E-state index contributed by atoms with van der Waals surface area (Å²) in [4.78, 5) is 16.9. The van der Waals surface area contributed by atoms with Crippen molar-refractivity contribution in [3.63, 3.8) is 0 Å². The van der Waals surface area contributed by atoms with E-state index in [4.69, 9.17) is 11.6 Å². The number of anilines is 1. The molecule has 28 heavy (non-hydrogen) atoms. The molecule has 0 radical (unpaired) electrons. The first-order chi connectivity index (χ1) is 13.6. The Kier molecular flexibility index (Phi) is 4.84. The van der Waals surface area contributed by atoms with E-state index in [-0.39, 0.29) is 5.91 Å². The molecule has 0 saturated carbocycles. The number of fused-ring (bicyclic) bond motifs is 1. The monoisotopic (exact) mass is 385 g/mol. The summed E-state index contributed by atoms with van der Waals surface area (Å²) in [5.41, 5.74) is 4.68. The van der Waals surface area contributed by atoms with Gasteiger partial charge in [-0.05, 0) is 66.9 Å². The number of benzene rings is 2. The molecule has 4 rings (SSSR count). The smallest absolute Gasteiger partial charge is 0.255 e. The fourth-order valence-electron chi connectivity index (χ4n) is 2.79. The lowest BCUT2D eigenvalue weighted by Gasteiger charge is -2.07. The quantitative estimate of drug-likeness (QED) is 0.496. The number of hydrogen-bond donors (Lipinski definition) is 1. The molecule has 0 atom stereocenters. The Bertz CT molecular complexity index is 1230. The van der Waals surface area contributed by atoms with E-state index in [0.29, 0.717) is 16.3 Å². The van der Waals surface area contributed by atoms with Crippen LogP contribution in [0.5, 0.6) is 0 Å². The number of carbonyl (C=O) groups excluding carboxylic acids is 1. The third-order valence-corrected chi connectivity index (χ3v) is 4.60. The van der Waals surface area contributed by atoms with Gasteiger partial charge in [0.05, 0.1) is 6.20 Å².